The molecule has 0 bridgehead atoms. The van der Waals surface area contributed by atoms with Crippen LogP contribution in [0.3, 0.4) is 0 Å². The quantitative estimate of drug-likeness (QED) is 0.498. The van der Waals surface area contributed by atoms with Crippen molar-refractivity contribution in [3.05, 3.63) is 52.8 Å². The molecule has 0 spiro atoms. The van der Waals surface area contributed by atoms with Gasteiger partial charge in [-0.2, -0.15) is 0 Å². The van der Waals surface area contributed by atoms with Gasteiger partial charge in [0.15, 0.2) is 0 Å². The summed E-state index contributed by atoms with van der Waals surface area (Å²) in [4.78, 5) is 15.6. The number of allylic oxidation sites excluding steroid dienone is 3. The van der Waals surface area contributed by atoms with E-state index in [2.05, 4.69) is 17.0 Å². The minimum absolute atomic E-state index is 0.298. The van der Waals surface area contributed by atoms with Gasteiger partial charge in [-0.05, 0) is 37.9 Å². The van der Waals surface area contributed by atoms with Gasteiger partial charge < -0.3 is 11.1 Å². The highest BCUT2D eigenvalue weighted by atomic mass is 35.5. The summed E-state index contributed by atoms with van der Waals surface area (Å²) in [5.74, 6) is -0.0351. The average molecular weight is 264 g/mol. The molecule has 0 aliphatic carbocycles. The summed E-state index contributed by atoms with van der Waals surface area (Å²) >= 11 is 5.93. The largest absolute Gasteiger partial charge is 0.399 e. The number of nitrogens with two attached hydrogens (primary N) is 1. The predicted molar refractivity (Wildman–Crippen MR) is 75.8 cm³/mol. The van der Waals surface area contributed by atoms with E-state index in [1.807, 2.05) is 13.0 Å². The Labute approximate surface area is 111 Å². The summed E-state index contributed by atoms with van der Waals surface area (Å²) in [6, 6.07) is 4.71. The Kier molecular flexibility index (Phi) is 5.14. The fraction of sp³-hybridized carbons (Fsp3) is 0.0769. The van der Waals surface area contributed by atoms with Crippen LogP contribution in [0.25, 0.3) is 0 Å². The molecule has 5 heteroatoms. The summed E-state index contributed by atoms with van der Waals surface area (Å²) in [6.07, 6.45) is 5.18. The third kappa shape index (κ3) is 3.75. The van der Waals surface area contributed by atoms with Gasteiger partial charge in [-0.25, -0.2) is 4.99 Å². The summed E-state index contributed by atoms with van der Waals surface area (Å²) in [7, 11) is 0. The van der Waals surface area contributed by atoms with Crippen molar-refractivity contribution in [2.75, 3.05) is 5.73 Å². The van der Waals surface area contributed by atoms with Crippen LogP contribution in [0.4, 0.5) is 5.69 Å². The maximum atomic E-state index is 11.9. The number of carbonyl (C=O) groups excluding carboxylic acids is 1. The molecule has 0 unspecified atom stereocenters. The first-order chi connectivity index (χ1) is 8.58. The van der Waals surface area contributed by atoms with Crippen molar-refractivity contribution in [2.45, 2.75) is 6.92 Å². The fourth-order valence-electron chi connectivity index (χ4n) is 1.22. The number of halogens is 1. The molecule has 0 atom stereocenters. The van der Waals surface area contributed by atoms with Crippen molar-refractivity contribution in [3.63, 3.8) is 0 Å². The van der Waals surface area contributed by atoms with Crippen molar-refractivity contribution in [2.24, 2.45) is 4.99 Å². The summed E-state index contributed by atoms with van der Waals surface area (Å²) in [5.41, 5.74) is 6.37. The van der Waals surface area contributed by atoms with Gasteiger partial charge in [-0.3, -0.25) is 4.79 Å². The molecule has 1 amide bonds. The van der Waals surface area contributed by atoms with E-state index in [4.69, 9.17) is 17.3 Å². The SMILES string of the molecule is C=N/C(=C\C=C/C)NC(=O)c1cc(N)ccc1Cl. The molecule has 1 aromatic rings. The van der Waals surface area contributed by atoms with Crippen LogP contribution in [0.5, 0.6) is 0 Å². The molecule has 0 heterocycles. The van der Waals surface area contributed by atoms with E-state index >= 15 is 0 Å². The second-order valence-electron chi connectivity index (χ2n) is 3.43. The highest BCUT2D eigenvalue weighted by Gasteiger charge is 2.11. The molecule has 0 aliphatic rings. The van der Waals surface area contributed by atoms with Crippen molar-refractivity contribution < 1.29 is 4.79 Å². The van der Waals surface area contributed by atoms with Crippen LogP contribution in [-0.4, -0.2) is 12.6 Å². The molecule has 0 aliphatic heterocycles. The third-order valence-electron chi connectivity index (χ3n) is 2.09. The van der Waals surface area contributed by atoms with Crippen molar-refractivity contribution in [1.29, 1.82) is 0 Å². The topological polar surface area (TPSA) is 67.5 Å². The first kappa shape index (κ1) is 14.0. The van der Waals surface area contributed by atoms with Gasteiger partial charge in [0, 0.05) is 5.69 Å². The number of anilines is 1. The van der Waals surface area contributed by atoms with Gasteiger partial charge in [0.25, 0.3) is 5.91 Å². The molecule has 0 radical (unpaired) electrons. The predicted octanol–water partition coefficient (Wildman–Crippen LogP) is 2.77. The van der Waals surface area contributed by atoms with Crippen molar-refractivity contribution in [3.8, 4) is 0 Å². The van der Waals surface area contributed by atoms with Crippen LogP contribution >= 0.6 is 11.6 Å². The third-order valence-corrected chi connectivity index (χ3v) is 2.42. The van der Waals surface area contributed by atoms with Crippen molar-refractivity contribution >= 4 is 29.9 Å². The number of nitrogen functional groups attached to an aromatic ring is 1. The lowest BCUT2D eigenvalue weighted by Crippen LogP contribution is -2.22. The lowest BCUT2D eigenvalue weighted by atomic mass is 10.2. The molecule has 0 saturated carbocycles. The van der Waals surface area contributed by atoms with Crippen molar-refractivity contribution in [1.82, 2.24) is 5.32 Å². The normalized spacial score (nSPS) is 11.6. The maximum Gasteiger partial charge on any atom is 0.258 e. The van der Waals surface area contributed by atoms with Crippen LogP contribution in [-0.2, 0) is 0 Å². The van der Waals surface area contributed by atoms with Gasteiger partial charge in [-0.15, -0.1) is 0 Å². The Morgan fingerprint density at radius 3 is 2.89 bits per heavy atom. The molecule has 94 valence electrons. The number of rotatable bonds is 4. The molecular weight excluding hydrogens is 250 g/mol. The van der Waals surface area contributed by atoms with E-state index in [9.17, 15) is 4.79 Å². The fourth-order valence-corrected chi connectivity index (χ4v) is 1.43. The second kappa shape index (κ2) is 6.61. The molecule has 0 fully saturated rings. The second-order valence-corrected chi connectivity index (χ2v) is 3.84. The standard InChI is InChI=1S/C13H14ClN3O/c1-3-4-5-12(16-2)17-13(18)10-8-9(15)6-7-11(10)14/h3-8H,2,15H2,1H3,(H,17,18)/b4-3-,12-5+. The zero-order valence-corrected chi connectivity index (χ0v) is 10.7. The number of nitrogens with zero attached hydrogens (tertiary/aromatic N) is 1. The Morgan fingerprint density at radius 1 is 1.56 bits per heavy atom. The molecule has 1 aromatic carbocycles. The Bertz CT molecular complexity index is 521. The number of hydrogen-bond acceptors (Lipinski definition) is 3. The molecule has 1 rings (SSSR count). The van der Waals surface area contributed by atoms with E-state index in [-0.39, 0.29) is 5.91 Å². The Morgan fingerprint density at radius 2 is 2.28 bits per heavy atom. The number of benzene rings is 1. The molecular formula is C13H14ClN3O. The van der Waals surface area contributed by atoms with Crippen LogP contribution < -0.4 is 11.1 Å². The van der Waals surface area contributed by atoms with Gasteiger partial charge in [-0.1, -0.05) is 23.8 Å². The van der Waals surface area contributed by atoms with Crippen LogP contribution in [0.2, 0.25) is 5.02 Å². The zero-order chi connectivity index (χ0) is 13.5. The monoisotopic (exact) mass is 263 g/mol. The number of hydrogen-bond donors (Lipinski definition) is 2. The highest BCUT2D eigenvalue weighted by molar-refractivity contribution is 6.34. The molecule has 18 heavy (non-hydrogen) atoms. The maximum absolute atomic E-state index is 11.9. The molecule has 0 aromatic heterocycles. The molecule has 0 saturated heterocycles. The van der Waals surface area contributed by atoms with Gasteiger partial charge in [0.2, 0.25) is 0 Å². The van der Waals surface area contributed by atoms with Gasteiger partial charge in [0.05, 0.1) is 10.6 Å². The minimum atomic E-state index is -0.379. The van der Waals surface area contributed by atoms with E-state index < -0.39 is 0 Å². The van der Waals surface area contributed by atoms with E-state index in [0.717, 1.165) is 0 Å². The summed E-state index contributed by atoms with van der Waals surface area (Å²) < 4.78 is 0. The van der Waals surface area contributed by atoms with E-state index in [1.165, 1.54) is 6.07 Å². The first-order valence-electron chi connectivity index (χ1n) is 5.24. The summed E-state index contributed by atoms with van der Waals surface area (Å²) in [6.45, 7) is 5.23. The lowest BCUT2D eigenvalue weighted by molar-refractivity contribution is 0.0965. The highest BCUT2D eigenvalue weighted by Crippen LogP contribution is 2.19. The Balaban J connectivity index is 2.94. The van der Waals surface area contributed by atoms with Crippen LogP contribution in [0.15, 0.2) is 47.2 Å². The molecule has 3 N–H and O–H groups in total. The Hall–Kier alpha value is -2.07. The number of amides is 1. The smallest absolute Gasteiger partial charge is 0.258 e. The van der Waals surface area contributed by atoms with Gasteiger partial charge in [0.1, 0.15) is 5.82 Å². The minimum Gasteiger partial charge on any atom is -0.399 e. The zero-order valence-electron chi connectivity index (χ0n) is 9.98. The first-order valence-corrected chi connectivity index (χ1v) is 5.62. The van der Waals surface area contributed by atoms with E-state index in [1.54, 1.807) is 24.3 Å². The van der Waals surface area contributed by atoms with Crippen LogP contribution in [0, 0.1) is 0 Å². The summed E-state index contributed by atoms with van der Waals surface area (Å²) in [5, 5.41) is 2.92. The number of aliphatic imine (C=N–C) groups is 1. The number of nitrogens with one attached hydrogen (secondary N) is 1. The van der Waals surface area contributed by atoms with E-state index in [0.29, 0.717) is 22.1 Å². The molecule has 4 nitrogen and oxygen atoms in total. The lowest BCUT2D eigenvalue weighted by Gasteiger charge is -2.07. The van der Waals surface area contributed by atoms with Crippen LogP contribution in [0.1, 0.15) is 17.3 Å². The number of carbonyl (C=O) groups is 1. The average Bonchev–Trinajstić information content (AvgIpc) is 2.37. The van der Waals surface area contributed by atoms with Gasteiger partial charge >= 0.3 is 0 Å².